The summed E-state index contributed by atoms with van der Waals surface area (Å²) >= 11 is 0.937. The zero-order valence-corrected chi connectivity index (χ0v) is 74.5. The molecule has 9 rings (SSSR count). The number of amides is 17. The SMILES string of the molecule is CCCC[C@H]1C(=O)N(C)[C@@H](CCCC)C(=O)N[C@@H](CO)C(=O)N[C@H](CNCC(N)=O)CSCC(=O)N[C@H]2Cc3ccc(OC)cc3N(C2=O)[C@@H](C)C(=O)N[C@@H](CC(N)=O)C(=O)N2CCC[C@H]2C(=O)N[C@@H](CO)C(=O)N[C@@H](CCC(N)=O)C(=O)N2C[C@H](O)C[C@H]2C(=O)N[C@@H](Cc2c[nH]c3ccccc23)C(=O)N[C@@H](CO)C(=O)N[C@@H](Cc2cn(CC(=O)O)c3ccccc23)C(=O)N1C. The number of aromatic amines is 1. The molecule has 4 aliphatic heterocycles. The summed E-state index contributed by atoms with van der Waals surface area (Å²) in [5.74, 6) is -18.7. The van der Waals surface area contributed by atoms with Crippen LogP contribution in [0.4, 0.5) is 5.69 Å². The molecule has 0 aliphatic carbocycles. The van der Waals surface area contributed by atoms with Gasteiger partial charge in [0.05, 0.1) is 63.5 Å². The number of nitrogens with one attached hydrogen (secondary N) is 11. The van der Waals surface area contributed by atoms with Crippen molar-refractivity contribution in [3.8, 4) is 5.75 Å². The Balaban J connectivity index is 1.09. The van der Waals surface area contributed by atoms with E-state index in [4.69, 9.17) is 21.9 Å². The number of aliphatic hydroxyl groups excluding tert-OH is 4. The molecular weight excluding hydrogens is 1730 g/mol. The van der Waals surface area contributed by atoms with Gasteiger partial charge in [0.15, 0.2) is 0 Å². The molecule has 0 unspecified atom stereocenters. The summed E-state index contributed by atoms with van der Waals surface area (Å²) in [6.07, 6.45) is -0.636. The molecular formula is C86H118N20O24S. The van der Waals surface area contributed by atoms with Crippen LogP contribution in [0.5, 0.6) is 5.75 Å². The number of nitrogens with two attached hydrogens (primary N) is 3. The van der Waals surface area contributed by atoms with Crippen LogP contribution in [-0.4, -0.2) is 330 Å². The number of anilines is 1. The van der Waals surface area contributed by atoms with Crippen molar-refractivity contribution in [1.82, 2.24) is 82.3 Å². The minimum atomic E-state index is -1.99. The van der Waals surface area contributed by atoms with Crippen molar-refractivity contribution in [2.24, 2.45) is 17.2 Å². The molecule has 17 amide bonds. The van der Waals surface area contributed by atoms with Crippen LogP contribution in [0.1, 0.15) is 115 Å². The Morgan fingerprint density at radius 2 is 1.15 bits per heavy atom. The van der Waals surface area contributed by atoms with Crippen molar-refractivity contribution < 1.29 is 117 Å². The Hall–Kier alpha value is -12.9. The first-order valence-electron chi connectivity index (χ1n) is 43.3. The average molecular weight is 1850 g/mol. The molecule has 131 heavy (non-hydrogen) atoms. The number of aliphatic hydroxyl groups is 4. The van der Waals surface area contributed by atoms with Crippen LogP contribution in [0.25, 0.3) is 21.8 Å². The van der Waals surface area contributed by atoms with Crippen molar-refractivity contribution in [2.75, 3.05) is 83.6 Å². The third kappa shape index (κ3) is 26.5. The smallest absolute Gasteiger partial charge is 0.323 e. The highest BCUT2D eigenvalue weighted by Crippen LogP contribution is 2.35. The number of primary amides is 3. The fourth-order valence-corrected chi connectivity index (χ4v) is 17.4. The molecule has 0 saturated carbocycles. The molecule has 45 heteroatoms. The third-order valence-electron chi connectivity index (χ3n) is 23.5. The number of fused-ring (bicyclic) bond motifs is 8. The van der Waals surface area contributed by atoms with E-state index in [2.05, 4.69) is 58.2 Å². The van der Waals surface area contributed by atoms with E-state index in [1.165, 1.54) is 51.2 Å². The van der Waals surface area contributed by atoms with E-state index < -0.39 is 281 Å². The zero-order valence-electron chi connectivity index (χ0n) is 73.7. The molecule has 712 valence electrons. The number of para-hydroxylation sites is 2. The third-order valence-corrected chi connectivity index (χ3v) is 24.6. The molecule has 2 aromatic heterocycles. The summed E-state index contributed by atoms with van der Waals surface area (Å²) in [4.78, 5) is 266. The van der Waals surface area contributed by atoms with Crippen LogP contribution in [0.2, 0.25) is 0 Å². The van der Waals surface area contributed by atoms with E-state index >= 15 is 28.8 Å². The summed E-state index contributed by atoms with van der Waals surface area (Å²) in [6, 6.07) is -4.92. The van der Waals surface area contributed by atoms with Gasteiger partial charge in [-0.2, -0.15) is 0 Å². The van der Waals surface area contributed by atoms with Crippen LogP contribution in [0.3, 0.4) is 0 Å². The number of nitrogens with zero attached hydrogens (tertiary/aromatic N) is 6. The standard InChI is InChI=1S/C86H118N20O24S/c1-7-9-19-64-79(122)99-60(40-107)76(119)92-49(35-90-36-71(89)113)43-131-44-72(114)93-58-28-46-23-24-51(130-6)32-67(46)106(85(58)128)45(3)74(117)96-59(33-70(88)112)84(127)104-27-15-22-65(104)80(123)100-62(42-109)77(120)94-55(25-26-69(87)111)83(126)105-38-50(110)31-68(105)81(124)95-56(29-47-34-91-54-18-13-11-16-52(47)54)75(118)98-61(41-108)78(121)97-57(82(125)102(5)66(20-10-8-2)86(129)101(64)4)30-48-37-103(39-73(115)116)63-21-14-12-17-53(48)63/h11-14,16-18,21,23-24,32,34,37,45,49-50,55-62,64-66,68,90-91,107-110H,7-10,15,19-20,22,25-31,33,35-36,38-44H2,1-6H3,(H2,87,111)(H2,88,112)(H2,89,113)(H,92,119)(H,93,114)(H,94,120)(H,95,124)(H,96,117)(H,97,121)(H,98,118)(H,99,122)(H,100,123)(H,115,116)/t45-,49+,50+,55-,56-,57-,58-,59-,60-,61-,62-,64-,65-,66-,68-/m0/s1. The lowest BCUT2D eigenvalue weighted by Gasteiger charge is -2.38. The Kier molecular flexibility index (Phi) is 37.1. The maximum atomic E-state index is 15.8. The fourth-order valence-electron chi connectivity index (χ4n) is 16.6. The minimum absolute atomic E-state index is 0.0418. The number of aromatic nitrogens is 2. The molecule has 3 fully saturated rings. The number of benzene rings is 3. The van der Waals surface area contributed by atoms with Crippen molar-refractivity contribution in [2.45, 2.75) is 214 Å². The number of aliphatic carboxylic acids is 1. The van der Waals surface area contributed by atoms with E-state index in [-0.39, 0.29) is 68.8 Å². The van der Waals surface area contributed by atoms with Gasteiger partial charge in [-0.15, -0.1) is 11.8 Å². The van der Waals surface area contributed by atoms with Gasteiger partial charge in [-0.3, -0.25) is 91.2 Å². The Labute approximate surface area is 757 Å². The molecule has 5 aromatic rings. The summed E-state index contributed by atoms with van der Waals surface area (Å²) < 4.78 is 6.87. The van der Waals surface area contributed by atoms with E-state index in [0.717, 1.165) is 36.3 Å². The number of unbranched alkanes of at least 4 members (excludes halogenated alkanes) is 2. The second-order valence-corrected chi connectivity index (χ2v) is 34.0. The van der Waals surface area contributed by atoms with Gasteiger partial charge < -0.3 is 130 Å². The second-order valence-electron chi connectivity index (χ2n) is 32.9. The molecule has 4 aliphatic rings. The van der Waals surface area contributed by atoms with Crippen molar-refractivity contribution in [3.63, 3.8) is 0 Å². The van der Waals surface area contributed by atoms with Gasteiger partial charge in [0.2, 0.25) is 94.5 Å². The van der Waals surface area contributed by atoms with Gasteiger partial charge in [0, 0.05) is 112 Å². The van der Waals surface area contributed by atoms with Crippen molar-refractivity contribution >= 4 is 146 Å². The first-order chi connectivity index (χ1) is 62.4. The topological polar surface area (TPSA) is 653 Å². The molecule has 15 atom stereocenters. The summed E-state index contributed by atoms with van der Waals surface area (Å²) in [5, 5.41) is 81.1. The number of thioether (sulfide) groups is 1. The molecule has 3 aromatic carbocycles. The van der Waals surface area contributed by atoms with Crippen molar-refractivity contribution in [1.29, 1.82) is 0 Å². The zero-order chi connectivity index (χ0) is 95.8. The van der Waals surface area contributed by atoms with Crippen LogP contribution in [0.15, 0.2) is 79.1 Å². The first kappa shape index (κ1) is 102. The lowest BCUT2D eigenvalue weighted by molar-refractivity contribution is -0.149. The molecule has 3 saturated heterocycles. The van der Waals surface area contributed by atoms with E-state index in [1.807, 2.05) is 13.8 Å². The number of H-pyrrole nitrogens is 1. The van der Waals surface area contributed by atoms with Crippen LogP contribution in [-0.2, 0) is 112 Å². The number of methoxy groups -OCH3 is 1. The van der Waals surface area contributed by atoms with Crippen LogP contribution in [0, 0.1) is 0 Å². The number of likely N-dealkylation sites (N-methyl/N-ethyl adjacent to an activating group) is 2. The highest BCUT2D eigenvalue weighted by Gasteiger charge is 2.47. The number of carboxylic acids is 1. The Morgan fingerprint density at radius 3 is 1.79 bits per heavy atom. The molecule has 0 spiro atoms. The van der Waals surface area contributed by atoms with Gasteiger partial charge >= 0.3 is 5.97 Å². The predicted molar refractivity (Wildman–Crippen MR) is 472 cm³/mol. The number of carboxylic acid groups (broad SMARTS) is 1. The minimum Gasteiger partial charge on any atom is -0.497 e. The average Bonchev–Trinajstić information content (AvgIpc) is 1.79. The number of hydrogen-bond donors (Lipinski definition) is 19. The fraction of sp³-hybridized carbons (Fsp3) is 0.535. The first-order valence-corrected chi connectivity index (χ1v) is 44.4. The monoisotopic (exact) mass is 1850 g/mol. The number of carbonyl (C=O) groups is 18. The summed E-state index contributed by atoms with van der Waals surface area (Å²) in [7, 11) is 3.92. The maximum absolute atomic E-state index is 15.8. The number of ether oxygens (including phenoxy) is 1. The van der Waals surface area contributed by atoms with Gasteiger partial charge in [0.1, 0.15) is 90.8 Å². The molecule has 0 radical (unpaired) electrons. The van der Waals surface area contributed by atoms with Gasteiger partial charge in [-0.1, -0.05) is 82.0 Å². The van der Waals surface area contributed by atoms with Crippen molar-refractivity contribution in [3.05, 3.63) is 95.8 Å². The quantitative estimate of drug-likeness (QED) is 0.0259. The van der Waals surface area contributed by atoms with Crippen LogP contribution < -0.4 is 80.0 Å². The van der Waals surface area contributed by atoms with E-state index in [1.54, 1.807) is 60.7 Å². The highest BCUT2D eigenvalue weighted by atomic mass is 32.2. The van der Waals surface area contributed by atoms with E-state index in [9.17, 15) is 83.1 Å². The highest BCUT2D eigenvalue weighted by molar-refractivity contribution is 8.00. The summed E-state index contributed by atoms with van der Waals surface area (Å²) in [6.45, 7) is -0.430. The normalized spacial score (nSPS) is 25.4. The molecule has 2 bridgehead atoms. The van der Waals surface area contributed by atoms with Crippen LogP contribution >= 0.6 is 11.8 Å². The number of hydrogen-bond acceptors (Lipinski definition) is 25. The number of rotatable bonds is 25. The Morgan fingerprint density at radius 1 is 0.580 bits per heavy atom. The lowest BCUT2D eigenvalue weighted by Crippen LogP contribution is -2.62. The predicted octanol–water partition coefficient (Wildman–Crippen LogP) is -5.73. The van der Waals surface area contributed by atoms with Gasteiger partial charge in [-0.25, -0.2) is 0 Å². The lowest BCUT2D eigenvalue weighted by atomic mass is 9.95. The molecule has 44 nitrogen and oxygen atoms in total. The largest absolute Gasteiger partial charge is 0.497 e. The van der Waals surface area contributed by atoms with Gasteiger partial charge in [0.25, 0.3) is 5.91 Å². The Bertz CT molecular complexity index is 5050. The molecule has 6 heterocycles. The second kappa shape index (κ2) is 47.6. The van der Waals surface area contributed by atoms with Gasteiger partial charge in [-0.05, 0) is 73.9 Å². The number of carbonyl (C=O) groups excluding carboxylic acids is 17. The summed E-state index contributed by atoms with van der Waals surface area (Å²) in [5.41, 5.74) is 18.9. The molecule has 22 N–H and O–H groups in total. The van der Waals surface area contributed by atoms with E-state index in [0.29, 0.717) is 57.8 Å². The maximum Gasteiger partial charge on any atom is 0.323 e.